The SMILES string of the molecule is CNC(=O)c1ccnc2c([C@H](C)CNc3cc(-c4ccc(N(C)C5CCN(C(C)=O)CC5)nc4)ncn3)cccc12.S. The van der Waals surface area contributed by atoms with Crippen molar-refractivity contribution in [2.45, 2.75) is 38.6 Å². The molecule has 1 aliphatic rings. The number of carbonyl (C=O) groups is 2. The fraction of sp³-hybridized carbons (Fsp3) is 0.355. The highest BCUT2D eigenvalue weighted by Crippen LogP contribution is 2.28. The summed E-state index contributed by atoms with van der Waals surface area (Å²) < 4.78 is 0. The van der Waals surface area contributed by atoms with Crippen LogP contribution in [0.2, 0.25) is 0 Å². The van der Waals surface area contributed by atoms with Gasteiger partial charge >= 0.3 is 0 Å². The molecular weight excluding hydrogens is 548 g/mol. The Hall–Kier alpha value is -4.25. The maximum absolute atomic E-state index is 12.3. The van der Waals surface area contributed by atoms with Crippen LogP contribution in [0.25, 0.3) is 22.2 Å². The van der Waals surface area contributed by atoms with Gasteiger partial charge in [0.1, 0.15) is 18.0 Å². The largest absolute Gasteiger partial charge is 0.369 e. The molecule has 10 nitrogen and oxygen atoms in total. The molecule has 1 saturated heterocycles. The van der Waals surface area contributed by atoms with E-state index >= 15 is 0 Å². The average Bonchev–Trinajstić information content (AvgIpc) is 3.02. The first kappa shape index (κ1) is 30.7. The van der Waals surface area contributed by atoms with Crippen LogP contribution in [0, 0.1) is 0 Å². The number of carbonyl (C=O) groups excluding carboxylic acids is 2. The summed E-state index contributed by atoms with van der Waals surface area (Å²) in [6, 6.07) is 14.0. The second-order valence-electron chi connectivity index (χ2n) is 10.5. The molecule has 5 rings (SSSR count). The predicted octanol–water partition coefficient (Wildman–Crippen LogP) is 4.22. The number of nitrogens with zero attached hydrogens (tertiary/aromatic N) is 6. The summed E-state index contributed by atoms with van der Waals surface area (Å²) in [5, 5.41) is 6.98. The number of anilines is 2. The molecule has 0 aliphatic carbocycles. The van der Waals surface area contributed by atoms with Crippen LogP contribution in [-0.2, 0) is 4.79 Å². The molecule has 0 unspecified atom stereocenters. The molecule has 0 bridgehead atoms. The minimum Gasteiger partial charge on any atom is -0.369 e. The summed E-state index contributed by atoms with van der Waals surface area (Å²) in [6.07, 6.45) is 6.95. The smallest absolute Gasteiger partial charge is 0.251 e. The Labute approximate surface area is 253 Å². The number of likely N-dealkylation sites (tertiary alicyclic amines) is 1. The van der Waals surface area contributed by atoms with E-state index in [4.69, 9.17) is 4.98 Å². The lowest BCUT2D eigenvalue weighted by molar-refractivity contribution is -0.129. The standard InChI is InChI=1S/C31H36N8O2.H2S/c1-20(24-6-5-7-25-26(31(41)32-3)10-13-33-30(24)25)17-34-28-16-27(36-19-37-28)22-8-9-29(35-18-22)38(4)23-11-14-39(15-12-23)21(2)40;/h5-10,13,16,18-20,23H,11-12,14-15,17H2,1-4H3,(H,32,41)(H,34,36,37);1H2/t20-;/m1./s1. The van der Waals surface area contributed by atoms with Gasteiger partial charge in [0.15, 0.2) is 0 Å². The summed E-state index contributed by atoms with van der Waals surface area (Å²) in [5.74, 6) is 1.75. The van der Waals surface area contributed by atoms with Crippen molar-refractivity contribution in [3.63, 3.8) is 0 Å². The van der Waals surface area contributed by atoms with E-state index in [0.29, 0.717) is 18.2 Å². The normalized spacial score (nSPS) is 14.1. The van der Waals surface area contributed by atoms with E-state index < -0.39 is 0 Å². The molecule has 1 atom stereocenters. The van der Waals surface area contributed by atoms with Crippen LogP contribution in [0.15, 0.2) is 61.2 Å². The van der Waals surface area contributed by atoms with Crippen molar-refractivity contribution in [2.75, 3.05) is 43.9 Å². The van der Waals surface area contributed by atoms with Crippen molar-refractivity contribution in [3.05, 3.63) is 72.3 Å². The monoisotopic (exact) mass is 586 g/mol. The van der Waals surface area contributed by atoms with Gasteiger partial charge in [0.25, 0.3) is 5.91 Å². The van der Waals surface area contributed by atoms with Crippen LogP contribution in [0.4, 0.5) is 11.6 Å². The van der Waals surface area contributed by atoms with Crippen LogP contribution in [-0.4, -0.2) is 76.4 Å². The van der Waals surface area contributed by atoms with Crippen molar-refractivity contribution in [3.8, 4) is 11.3 Å². The molecule has 2 N–H and O–H groups in total. The Bertz CT molecular complexity index is 1540. The lowest BCUT2D eigenvalue weighted by Gasteiger charge is -2.37. The van der Waals surface area contributed by atoms with Crippen molar-refractivity contribution < 1.29 is 9.59 Å². The third kappa shape index (κ3) is 6.62. The van der Waals surface area contributed by atoms with Gasteiger partial charge in [0.2, 0.25) is 5.91 Å². The first-order valence-corrected chi connectivity index (χ1v) is 14.0. The van der Waals surface area contributed by atoms with E-state index in [0.717, 1.165) is 65.3 Å². The Morgan fingerprint density at radius 2 is 1.86 bits per heavy atom. The molecule has 0 spiro atoms. The minimum absolute atomic E-state index is 0. The molecule has 3 aromatic heterocycles. The highest BCUT2D eigenvalue weighted by atomic mass is 32.1. The molecule has 11 heteroatoms. The Morgan fingerprint density at radius 3 is 2.55 bits per heavy atom. The highest BCUT2D eigenvalue weighted by Gasteiger charge is 2.24. The predicted molar refractivity (Wildman–Crippen MR) is 171 cm³/mol. The number of para-hydroxylation sites is 1. The van der Waals surface area contributed by atoms with Gasteiger partial charge < -0.3 is 20.4 Å². The fourth-order valence-corrected chi connectivity index (χ4v) is 5.41. The van der Waals surface area contributed by atoms with E-state index in [9.17, 15) is 9.59 Å². The quantitative estimate of drug-likeness (QED) is 0.315. The number of pyridine rings is 2. The lowest BCUT2D eigenvalue weighted by Crippen LogP contribution is -2.45. The van der Waals surface area contributed by atoms with Gasteiger partial charge in [-0.05, 0) is 36.6 Å². The zero-order valence-corrected chi connectivity index (χ0v) is 25.5. The van der Waals surface area contributed by atoms with Gasteiger partial charge in [0.05, 0.1) is 16.8 Å². The molecule has 1 aromatic carbocycles. The minimum atomic E-state index is -0.127. The molecule has 2 amide bonds. The number of fused-ring (bicyclic) bond motifs is 1. The summed E-state index contributed by atoms with van der Waals surface area (Å²) in [5.41, 5.74) is 4.20. The first-order chi connectivity index (χ1) is 19.9. The van der Waals surface area contributed by atoms with E-state index in [1.54, 1.807) is 32.6 Å². The summed E-state index contributed by atoms with van der Waals surface area (Å²) in [4.78, 5) is 46.3. The number of rotatable bonds is 8. The molecule has 220 valence electrons. The van der Waals surface area contributed by atoms with Gasteiger partial charge in [0, 0.05) is 82.0 Å². The Morgan fingerprint density at radius 1 is 1.07 bits per heavy atom. The first-order valence-electron chi connectivity index (χ1n) is 14.0. The zero-order chi connectivity index (χ0) is 28.9. The number of hydrogen-bond acceptors (Lipinski definition) is 8. The molecule has 4 aromatic rings. The summed E-state index contributed by atoms with van der Waals surface area (Å²) in [6.45, 7) is 5.96. The highest BCUT2D eigenvalue weighted by molar-refractivity contribution is 7.59. The van der Waals surface area contributed by atoms with Crippen LogP contribution in [0.3, 0.4) is 0 Å². The lowest BCUT2D eigenvalue weighted by atomic mass is 9.96. The second kappa shape index (κ2) is 13.6. The van der Waals surface area contributed by atoms with Gasteiger partial charge in [-0.1, -0.05) is 25.1 Å². The third-order valence-corrected chi connectivity index (χ3v) is 7.92. The van der Waals surface area contributed by atoms with Crippen molar-refractivity contribution in [1.29, 1.82) is 0 Å². The van der Waals surface area contributed by atoms with Crippen LogP contribution in [0.5, 0.6) is 0 Å². The number of amides is 2. The topological polar surface area (TPSA) is 116 Å². The number of hydrogen-bond donors (Lipinski definition) is 2. The third-order valence-electron chi connectivity index (χ3n) is 7.92. The Kier molecular flexibility index (Phi) is 9.95. The van der Waals surface area contributed by atoms with Crippen molar-refractivity contribution in [1.82, 2.24) is 30.2 Å². The number of nitrogens with one attached hydrogen (secondary N) is 2. The number of piperidine rings is 1. The van der Waals surface area contributed by atoms with Crippen LogP contribution < -0.4 is 15.5 Å². The van der Waals surface area contributed by atoms with E-state index in [2.05, 4.69) is 50.5 Å². The zero-order valence-electron chi connectivity index (χ0n) is 24.5. The van der Waals surface area contributed by atoms with Crippen molar-refractivity contribution >= 4 is 47.8 Å². The van der Waals surface area contributed by atoms with Gasteiger partial charge in [-0.3, -0.25) is 14.6 Å². The maximum atomic E-state index is 12.3. The summed E-state index contributed by atoms with van der Waals surface area (Å²) in [7, 11) is 3.70. The molecule has 1 fully saturated rings. The van der Waals surface area contributed by atoms with Gasteiger partial charge in [-0.15, -0.1) is 0 Å². The molecular formula is C31H38N8O2S. The molecule has 0 saturated carbocycles. The molecule has 42 heavy (non-hydrogen) atoms. The number of aromatic nitrogens is 4. The van der Waals surface area contributed by atoms with Crippen LogP contribution >= 0.6 is 13.5 Å². The maximum Gasteiger partial charge on any atom is 0.251 e. The number of benzene rings is 1. The van der Waals surface area contributed by atoms with Gasteiger partial charge in [-0.25, -0.2) is 15.0 Å². The van der Waals surface area contributed by atoms with E-state index in [-0.39, 0.29) is 31.2 Å². The average molecular weight is 587 g/mol. The molecule has 4 heterocycles. The van der Waals surface area contributed by atoms with Gasteiger partial charge in [-0.2, -0.15) is 13.5 Å². The van der Waals surface area contributed by atoms with Crippen LogP contribution in [0.1, 0.15) is 48.5 Å². The van der Waals surface area contributed by atoms with E-state index in [1.165, 1.54) is 0 Å². The molecule has 0 radical (unpaired) electrons. The fourth-order valence-electron chi connectivity index (χ4n) is 5.41. The summed E-state index contributed by atoms with van der Waals surface area (Å²) >= 11 is 0. The molecule has 1 aliphatic heterocycles. The van der Waals surface area contributed by atoms with Crippen molar-refractivity contribution in [2.24, 2.45) is 0 Å². The second-order valence-corrected chi connectivity index (χ2v) is 10.5. The Balaban J connectivity index is 0.00000405. The van der Waals surface area contributed by atoms with E-state index in [1.807, 2.05) is 41.4 Å².